The standard InChI is InChI=1S/C12H21NO/c1-5-10(4)13-11-6-7-14-12(8-11)9(2)3/h1,9-13H,6-8H2,2-4H3. The third-order valence-corrected chi connectivity index (χ3v) is 2.79. The summed E-state index contributed by atoms with van der Waals surface area (Å²) >= 11 is 0. The fourth-order valence-electron chi connectivity index (χ4n) is 1.85. The van der Waals surface area contributed by atoms with Gasteiger partial charge in [0.1, 0.15) is 0 Å². The lowest BCUT2D eigenvalue weighted by Crippen LogP contribution is -2.43. The number of terminal acetylenes is 1. The van der Waals surface area contributed by atoms with Crippen molar-refractivity contribution in [2.75, 3.05) is 6.61 Å². The molecule has 2 nitrogen and oxygen atoms in total. The number of hydrogen-bond acceptors (Lipinski definition) is 2. The van der Waals surface area contributed by atoms with Crippen molar-refractivity contribution >= 4 is 0 Å². The molecule has 0 aromatic rings. The van der Waals surface area contributed by atoms with Crippen molar-refractivity contribution in [1.29, 1.82) is 0 Å². The van der Waals surface area contributed by atoms with Gasteiger partial charge in [-0.15, -0.1) is 6.42 Å². The Kier molecular flexibility index (Phi) is 4.44. The maximum atomic E-state index is 5.69. The Hall–Kier alpha value is -0.520. The molecule has 1 saturated heterocycles. The third-order valence-electron chi connectivity index (χ3n) is 2.79. The third kappa shape index (κ3) is 3.32. The molecule has 0 aromatic heterocycles. The van der Waals surface area contributed by atoms with Crippen LogP contribution < -0.4 is 5.32 Å². The van der Waals surface area contributed by atoms with Gasteiger partial charge in [-0.25, -0.2) is 0 Å². The van der Waals surface area contributed by atoms with Crippen LogP contribution in [0.15, 0.2) is 0 Å². The van der Waals surface area contributed by atoms with Crippen LogP contribution >= 0.6 is 0 Å². The van der Waals surface area contributed by atoms with E-state index in [-0.39, 0.29) is 6.04 Å². The molecule has 0 spiro atoms. The highest BCUT2D eigenvalue weighted by molar-refractivity contribution is 4.97. The Morgan fingerprint density at radius 1 is 1.43 bits per heavy atom. The Balaban J connectivity index is 2.37. The summed E-state index contributed by atoms with van der Waals surface area (Å²) in [6, 6.07) is 0.702. The molecule has 1 N–H and O–H groups in total. The summed E-state index contributed by atoms with van der Waals surface area (Å²) in [5.41, 5.74) is 0. The van der Waals surface area contributed by atoms with Gasteiger partial charge in [0.25, 0.3) is 0 Å². The van der Waals surface area contributed by atoms with Gasteiger partial charge in [-0.05, 0) is 25.7 Å². The first-order valence-corrected chi connectivity index (χ1v) is 5.47. The van der Waals surface area contributed by atoms with E-state index in [2.05, 4.69) is 25.1 Å². The normalized spacial score (nSPS) is 29.9. The van der Waals surface area contributed by atoms with E-state index < -0.39 is 0 Å². The molecule has 1 fully saturated rings. The predicted molar refractivity (Wildman–Crippen MR) is 59.0 cm³/mol. The summed E-state index contributed by atoms with van der Waals surface area (Å²) < 4.78 is 5.69. The highest BCUT2D eigenvalue weighted by Crippen LogP contribution is 2.20. The summed E-state index contributed by atoms with van der Waals surface area (Å²) in [7, 11) is 0. The Morgan fingerprint density at radius 2 is 2.14 bits per heavy atom. The summed E-state index contributed by atoms with van der Waals surface area (Å²) in [5.74, 6) is 3.30. The van der Waals surface area contributed by atoms with Crippen LogP contribution in [0.2, 0.25) is 0 Å². The second kappa shape index (κ2) is 5.38. The molecule has 14 heavy (non-hydrogen) atoms. The topological polar surface area (TPSA) is 21.3 Å². The van der Waals surface area contributed by atoms with Crippen LogP contribution in [0.1, 0.15) is 33.6 Å². The monoisotopic (exact) mass is 195 g/mol. The molecule has 3 unspecified atom stereocenters. The molecule has 1 aliphatic rings. The molecule has 1 heterocycles. The first-order valence-electron chi connectivity index (χ1n) is 5.47. The lowest BCUT2D eigenvalue weighted by molar-refractivity contribution is -0.0248. The smallest absolute Gasteiger partial charge is 0.0660 e. The van der Waals surface area contributed by atoms with E-state index in [4.69, 9.17) is 11.2 Å². The van der Waals surface area contributed by atoms with E-state index in [1.807, 2.05) is 6.92 Å². The summed E-state index contributed by atoms with van der Waals surface area (Å²) in [6.45, 7) is 7.30. The molecule has 0 bridgehead atoms. The van der Waals surface area contributed by atoms with Crippen LogP contribution in [0.3, 0.4) is 0 Å². The van der Waals surface area contributed by atoms with Crippen LogP contribution in [0.5, 0.6) is 0 Å². The zero-order valence-electron chi connectivity index (χ0n) is 9.42. The van der Waals surface area contributed by atoms with Crippen molar-refractivity contribution in [1.82, 2.24) is 5.32 Å². The SMILES string of the molecule is C#CC(C)NC1CCOC(C(C)C)C1. The maximum absolute atomic E-state index is 5.69. The van der Waals surface area contributed by atoms with Crippen LogP contribution in [-0.4, -0.2) is 24.8 Å². The van der Waals surface area contributed by atoms with Gasteiger partial charge in [-0.3, -0.25) is 0 Å². The van der Waals surface area contributed by atoms with E-state index in [9.17, 15) is 0 Å². The number of ether oxygens (including phenoxy) is 1. The van der Waals surface area contributed by atoms with Crippen molar-refractivity contribution in [3.8, 4) is 12.3 Å². The lowest BCUT2D eigenvalue weighted by Gasteiger charge is -2.33. The first-order chi connectivity index (χ1) is 6.63. The average Bonchev–Trinajstić information content (AvgIpc) is 2.18. The maximum Gasteiger partial charge on any atom is 0.0660 e. The van der Waals surface area contributed by atoms with Gasteiger partial charge in [0, 0.05) is 12.6 Å². The quantitative estimate of drug-likeness (QED) is 0.693. The van der Waals surface area contributed by atoms with Crippen molar-refractivity contribution in [2.45, 2.75) is 51.8 Å². The van der Waals surface area contributed by atoms with Gasteiger partial charge in [0.2, 0.25) is 0 Å². The highest BCUT2D eigenvalue weighted by atomic mass is 16.5. The van der Waals surface area contributed by atoms with Crippen molar-refractivity contribution < 1.29 is 4.74 Å². The first kappa shape index (κ1) is 11.6. The Bertz CT molecular complexity index is 207. The summed E-state index contributed by atoms with van der Waals surface area (Å²) in [6.07, 6.45) is 7.90. The summed E-state index contributed by atoms with van der Waals surface area (Å²) in [5, 5.41) is 3.44. The van der Waals surface area contributed by atoms with Gasteiger partial charge >= 0.3 is 0 Å². The van der Waals surface area contributed by atoms with E-state index in [1.54, 1.807) is 0 Å². The second-order valence-electron chi connectivity index (χ2n) is 4.43. The fraction of sp³-hybridized carbons (Fsp3) is 0.833. The van der Waals surface area contributed by atoms with Crippen molar-refractivity contribution in [2.24, 2.45) is 5.92 Å². The minimum absolute atomic E-state index is 0.172. The van der Waals surface area contributed by atoms with Crippen LogP contribution in [0, 0.1) is 18.3 Å². The molecule has 2 heteroatoms. The Morgan fingerprint density at radius 3 is 2.71 bits per heavy atom. The molecular formula is C12H21NO. The van der Waals surface area contributed by atoms with Gasteiger partial charge in [-0.2, -0.15) is 0 Å². The molecule has 80 valence electrons. The fourth-order valence-corrected chi connectivity index (χ4v) is 1.85. The average molecular weight is 195 g/mol. The van der Waals surface area contributed by atoms with Crippen LogP contribution in [-0.2, 0) is 4.74 Å². The van der Waals surface area contributed by atoms with Gasteiger partial charge in [0.15, 0.2) is 0 Å². The molecule has 1 rings (SSSR count). The van der Waals surface area contributed by atoms with Crippen molar-refractivity contribution in [3.63, 3.8) is 0 Å². The lowest BCUT2D eigenvalue weighted by atomic mass is 9.95. The minimum Gasteiger partial charge on any atom is -0.378 e. The van der Waals surface area contributed by atoms with Gasteiger partial charge < -0.3 is 10.1 Å². The molecular weight excluding hydrogens is 174 g/mol. The molecule has 1 aliphatic heterocycles. The molecule has 0 saturated carbocycles. The van der Waals surface area contributed by atoms with Gasteiger partial charge in [-0.1, -0.05) is 19.8 Å². The molecule has 0 aliphatic carbocycles. The zero-order valence-corrected chi connectivity index (χ0v) is 9.42. The predicted octanol–water partition coefficient (Wildman–Crippen LogP) is 1.80. The number of nitrogens with one attached hydrogen (secondary N) is 1. The van der Waals surface area contributed by atoms with E-state index >= 15 is 0 Å². The molecule has 3 atom stereocenters. The largest absolute Gasteiger partial charge is 0.378 e. The highest BCUT2D eigenvalue weighted by Gasteiger charge is 2.25. The zero-order chi connectivity index (χ0) is 10.6. The van der Waals surface area contributed by atoms with Crippen LogP contribution in [0.25, 0.3) is 0 Å². The second-order valence-corrected chi connectivity index (χ2v) is 4.43. The van der Waals surface area contributed by atoms with Crippen LogP contribution in [0.4, 0.5) is 0 Å². The van der Waals surface area contributed by atoms with Gasteiger partial charge in [0.05, 0.1) is 12.1 Å². The Labute approximate surface area is 87.4 Å². The van der Waals surface area contributed by atoms with E-state index in [0.717, 1.165) is 19.4 Å². The number of rotatable bonds is 3. The van der Waals surface area contributed by atoms with E-state index in [0.29, 0.717) is 18.1 Å². The van der Waals surface area contributed by atoms with E-state index in [1.165, 1.54) is 0 Å². The summed E-state index contributed by atoms with van der Waals surface area (Å²) in [4.78, 5) is 0. The molecule has 0 amide bonds. The minimum atomic E-state index is 0.172. The number of hydrogen-bond donors (Lipinski definition) is 1. The van der Waals surface area contributed by atoms with Crippen molar-refractivity contribution in [3.05, 3.63) is 0 Å². The molecule has 0 aromatic carbocycles. The molecule has 0 radical (unpaired) electrons.